The van der Waals surface area contributed by atoms with Crippen molar-refractivity contribution in [1.29, 1.82) is 0 Å². The number of hydrogen-bond acceptors (Lipinski definition) is 5. The van der Waals surface area contributed by atoms with E-state index in [1.807, 2.05) is 0 Å². The molecule has 0 saturated heterocycles. The molecule has 0 fully saturated rings. The number of carbonyl (C=O) groups is 3. The average Bonchev–Trinajstić information content (AvgIpc) is 2.43. The van der Waals surface area contributed by atoms with E-state index in [1.54, 1.807) is 6.92 Å². The molecule has 3 N–H and O–H groups in total. The first-order chi connectivity index (χ1) is 9.88. The summed E-state index contributed by atoms with van der Waals surface area (Å²) in [5, 5.41) is 27.3. The maximum absolute atomic E-state index is 12.0. The van der Waals surface area contributed by atoms with E-state index in [2.05, 4.69) is 0 Å². The number of aliphatic carboxylic acids is 2. The molecule has 1 rings (SSSR count). The van der Waals surface area contributed by atoms with Crippen LogP contribution >= 0.6 is 0 Å². The molecule has 0 aromatic heterocycles. The van der Waals surface area contributed by atoms with E-state index in [9.17, 15) is 19.5 Å². The number of carboxylic acids is 2. The number of esters is 1. The molecule has 1 unspecified atom stereocenters. The highest BCUT2D eigenvalue weighted by molar-refractivity contribution is 5.94. The highest BCUT2D eigenvalue weighted by Gasteiger charge is 2.26. The Bertz CT molecular complexity index is 550. The van der Waals surface area contributed by atoms with E-state index in [0.29, 0.717) is 5.56 Å². The van der Waals surface area contributed by atoms with E-state index >= 15 is 0 Å². The van der Waals surface area contributed by atoms with Gasteiger partial charge >= 0.3 is 17.9 Å². The average molecular weight is 296 g/mol. The van der Waals surface area contributed by atoms with Crippen LogP contribution in [0.4, 0.5) is 0 Å². The molecule has 0 amide bonds. The van der Waals surface area contributed by atoms with E-state index in [1.165, 1.54) is 18.2 Å². The molecule has 1 aromatic rings. The van der Waals surface area contributed by atoms with Crippen LogP contribution in [0.15, 0.2) is 18.2 Å². The van der Waals surface area contributed by atoms with Crippen LogP contribution in [0.1, 0.15) is 40.9 Å². The van der Waals surface area contributed by atoms with Crippen LogP contribution < -0.4 is 0 Å². The lowest BCUT2D eigenvalue weighted by Crippen LogP contribution is -2.18. The van der Waals surface area contributed by atoms with Crippen LogP contribution in [0.5, 0.6) is 0 Å². The lowest BCUT2D eigenvalue weighted by atomic mass is 9.94. The van der Waals surface area contributed by atoms with Gasteiger partial charge in [0.1, 0.15) is 0 Å². The number of ether oxygens (including phenoxy) is 1. The molecule has 7 nitrogen and oxygen atoms in total. The summed E-state index contributed by atoms with van der Waals surface area (Å²) in [6.07, 6.45) is -2.07. The van der Waals surface area contributed by atoms with Crippen LogP contribution in [0.2, 0.25) is 0 Å². The van der Waals surface area contributed by atoms with Crippen LogP contribution in [0.25, 0.3) is 0 Å². The Morgan fingerprint density at radius 3 is 2.43 bits per heavy atom. The van der Waals surface area contributed by atoms with Crippen molar-refractivity contribution in [3.05, 3.63) is 34.9 Å². The Balaban J connectivity index is 3.29. The fourth-order valence-electron chi connectivity index (χ4n) is 1.88. The predicted molar refractivity (Wildman–Crippen MR) is 71.0 cm³/mol. The number of benzene rings is 1. The van der Waals surface area contributed by atoms with Gasteiger partial charge in [-0.25, -0.2) is 9.59 Å². The highest BCUT2D eigenvalue weighted by atomic mass is 16.5. The Morgan fingerprint density at radius 1 is 1.24 bits per heavy atom. The minimum atomic E-state index is -1.88. The quantitative estimate of drug-likeness (QED) is 0.642. The molecule has 7 heteroatoms. The van der Waals surface area contributed by atoms with Crippen LogP contribution in [0, 0.1) is 0 Å². The molecule has 0 aliphatic heterocycles. The number of carboxylic acid groups (broad SMARTS) is 2. The molecule has 1 aromatic carbocycles. The largest absolute Gasteiger partial charge is 0.481 e. The van der Waals surface area contributed by atoms with Crippen molar-refractivity contribution >= 4 is 17.9 Å². The third-order valence-electron chi connectivity index (χ3n) is 2.80. The zero-order chi connectivity index (χ0) is 16.0. The summed E-state index contributed by atoms with van der Waals surface area (Å²) in [7, 11) is 0. The third-order valence-corrected chi connectivity index (χ3v) is 2.80. The molecular formula is C14H16O7. The smallest absolute Gasteiger partial charge is 0.338 e. The van der Waals surface area contributed by atoms with Gasteiger partial charge in [0, 0.05) is 12.0 Å². The fraction of sp³-hybridized carbons (Fsp3) is 0.357. The molecule has 0 aliphatic rings. The molecule has 0 aliphatic carbocycles. The van der Waals surface area contributed by atoms with Crippen LogP contribution in [0.3, 0.4) is 0 Å². The highest BCUT2D eigenvalue weighted by Crippen LogP contribution is 2.24. The van der Waals surface area contributed by atoms with Crippen molar-refractivity contribution in [2.75, 3.05) is 6.61 Å². The summed E-state index contributed by atoms with van der Waals surface area (Å²) < 4.78 is 4.86. The number of rotatable bonds is 7. The Kier molecular flexibility index (Phi) is 5.86. The summed E-state index contributed by atoms with van der Waals surface area (Å²) in [5.74, 6) is -3.33. The second kappa shape index (κ2) is 7.39. The normalized spacial score (nSPS) is 11.7. The predicted octanol–water partition coefficient (Wildman–Crippen LogP) is 0.998. The lowest BCUT2D eigenvalue weighted by Gasteiger charge is -2.15. The Hall–Kier alpha value is -2.41. The standard InChI is InChI=1S/C14H16O7/c1-2-21-14(20)11-8(6-7-10(15)16)4-3-5-9(11)12(17)13(18)19/h3-5,12,17H,2,6-7H2,1H3,(H,15,16)(H,18,19). The van der Waals surface area contributed by atoms with Gasteiger partial charge in [0.15, 0.2) is 6.10 Å². The van der Waals surface area contributed by atoms with Gasteiger partial charge in [-0.05, 0) is 18.9 Å². The molecule has 114 valence electrons. The molecule has 0 spiro atoms. The van der Waals surface area contributed by atoms with Gasteiger partial charge in [0.2, 0.25) is 0 Å². The Labute approximate surface area is 120 Å². The Morgan fingerprint density at radius 2 is 1.90 bits per heavy atom. The maximum Gasteiger partial charge on any atom is 0.338 e. The second-order valence-electron chi connectivity index (χ2n) is 4.24. The van der Waals surface area contributed by atoms with E-state index in [0.717, 1.165) is 0 Å². The van der Waals surface area contributed by atoms with Crippen molar-refractivity contribution in [3.8, 4) is 0 Å². The molecule has 0 saturated carbocycles. The van der Waals surface area contributed by atoms with E-state index < -0.39 is 24.0 Å². The summed E-state index contributed by atoms with van der Waals surface area (Å²) in [6.45, 7) is 1.67. The summed E-state index contributed by atoms with van der Waals surface area (Å²) in [5.41, 5.74) is 0.132. The molecule has 0 radical (unpaired) electrons. The van der Waals surface area contributed by atoms with Crippen LogP contribution in [-0.4, -0.2) is 39.8 Å². The third kappa shape index (κ3) is 4.28. The first kappa shape index (κ1) is 16.6. The topological polar surface area (TPSA) is 121 Å². The monoisotopic (exact) mass is 296 g/mol. The minimum Gasteiger partial charge on any atom is -0.481 e. The zero-order valence-electron chi connectivity index (χ0n) is 11.4. The number of hydrogen-bond donors (Lipinski definition) is 3. The summed E-state index contributed by atoms with van der Waals surface area (Å²) in [4.78, 5) is 33.5. The van der Waals surface area contributed by atoms with Gasteiger partial charge in [-0.15, -0.1) is 0 Å². The first-order valence-electron chi connectivity index (χ1n) is 6.30. The molecule has 0 bridgehead atoms. The van der Waals surface area contributed by atoms with Crippen molar-refractivity contribution in [2.24, 2.45) is 0 Å². The van der Waals surface area contributed by atoms with Gasteiger partial charge in [0.05, 0.1) is 12.2 Å². The SMILES string of the molecule is CCOC(=O)c1c(CCC(=O)O)cccc1C(O)C(=O)O. The van der Waals surface area contributed by atoms with Crippen molar-refractivity contribution < 1.29 is 34.4 Å². The van der Waals surface area contributed by atoms with Crippen LogP contribution in [-0.2, 0) is 20.7 Å². The summed E-state index contributed by atoms with van der Waals surface area (Å²) >= 11 is 0. The van der Waals surface area contributed by atoms with Crippen molar-refractivity contribution in [3.63, 3.8) is 0 Å². The van der Waals surface area contributed by atoms with Gasteiger partial charge in [-0.1, -0.05) is 18.2 Å². The first-order valence-corrected chi connectivity index (χ1v) is 6.30. The second-order valence-corrected chi connectivity index (χ2v) is 4.24. The maximum atomic E-state index is 12.0. The number of aryl methyl sites for hydroxylation is 1. The van der Waals surface area contributed by atoms with E-state index in [4.69, 9.17) is 14.9 Å². The minimum absolute atomic E-state index is 0.0314. The van der Waals surface area contributed by atoms with Gasteiger partial charge in [-0.3, -0.25) is 4.79 Å². The summed E-state index contributed by atoms with van der Waals surface area (Å²) in [6, 6.07) is 4.27. The van der Waals surface area contributed by atoms with Crippen molar-refractivity contribution in [1.82, 2.24) is 0 Å². The molecule has 1 atom stereocenters. The van der Waals surface area contributed by atoms with Crippen molar-refractivity contribution in [2.45, 2.75) is 25.9 Å². The molecular weight excluding hydrogens is 280 g/mol. The molecule has 21 heavy (non-hydrogen) atoms. The van der Waals surface area contributed by atoms with Gasteiger partial charge in [0.25, 0.3) is 0 Å². The van der Waals surface area contributed by atoms with Gasteiger partial charge < -0.3 is 20.1 Å². The zero-order valence-corrected chi connectivity index (χ0v) is 11.4. The molecule has 0 heterocycles. The van der Waals surface area contributed by atoms with Gasteiger partial charge in [-0.2, -0.15) is 0 Å². The fourth-order valence-corrected chi connectivity index (χ4v) is 1.88. The number of carbonyl (C=O) groups excluding carboxylic acids is 1. The lowest BCUT2D eigenvalue weighted by molar-refractivity contribution is -0.147. The van der Waals surface area contributed by atoms with E-state index in [-0.39, 0.29) is 30.6 Å². The number of aliphatic hydroxyl groups is 1. The number of aliphatic hydroxyl groups excluding tert-OH is 1.